The third-order valence-corrected chi connectivity index (χ3v) is 10.5. The number of hydrogen-bond acceptors (Lipinski definition) is 6. The molecule has 1 atom stereocenters. The van der Waals surface area contributed by atoms with E-state index in [1.807, 2.05) is 0 Å². The zero-order valence-corrected chi connectivity index (χ0v) is 39.2. The summed E-state index contributed by atoms with van der Waals surface area (Å²) in [5, 5.41) is 0. The summed E-state index contributed by atoms with van der Waals surface area (Å²) >= 11 is 0. The summed E-state index contributed by atoms with van der Waals surface area (Å²) in [7, 11) is 0. The summed E-state index contributed by atoms with van der Waals surface area (Å²) in [4.78, 5) is 37.8. The van der Waals surface area contributed by atoms with Crippen LogP contribution >= 0.6 is 0 Å². The van der Waals surface area contributed by atoms with Crippen molar-refractivity contribution in [3.8, 4) is 0 Å². The maximum Gasteiger partial charge on any atom is 0.306 e. The fraction of sp³-hybridized carbons (Fsp3) is 0.722. The topological polar surface area (TPSA) is 78.9 Å². The average molecular weight is 837 g/mol. The second-order valence-electron chi connectivity index (χ2n) is 16.3. The van der Waals surface area contributed by atoms with Gasteiger partial charge in [0.15, 0.2) is 6.10 Å². The molecule has 0 fully saturated rings. The zero-order valence-electron chi connectivity index (χ0n) is 39.2. The van der Waals surface area contributed by atoms with Crippen molar-refractivity contribution in [1.82, 2.24) is 0 Å². The van der Waals surface area contributed by atoms with Gasteiger partial charge in [0.2, 0.25) is 0 Å². The second kappa shape index (κ2) is 48.5. The van der Waals surface area contributed by atoms with Crippen molar-refractivity contribution in [2.45, 2.75) is 239 Å². The molecule has 0 saturated heterocycles. The fourth-order valence-corrected chi connectivity index (χ4v) is 6.76. The van der Waals surface area contributed by atoms with E-state index >= 15 is 0 Å². The molecule has 6 nitrogen and oxygen atoms in total. The van der Waals surface area contributed by atoms with Gasteiger partial charge in [-0.15, -0.1) is 0 Å². The number of rotatable bonds is 44. The van der Waals surface area contributed by atoms with Crippen LogP contribution in [0, 0.1) is 0 Å². The van der Waals surface area contributed by atoms with Gasteiger partial charge in [0.05, 0.1) is 0 Å². The lowest BCUT2D eigenvalue weighted by Crippen LogP contribution is -2.30. The number of esters is 3. The van der Waals surface area contributed by atoms with Crippen LogP contribution in [0.15, 0.2) is 72.9 Å². The summed E-state index contributed by atoms with van der Waals surface area (Å²) < 4.78 is 16.7. The predicted octanol–water partition coefficient (Wildman–Crippen LogP) is 16.3. The van der Waals surface area contributed by atoms with E-state index in [2.05, 4.69) is 93.7 Å². The van der Waals surface area contributed by atoms with Crippen LogP contribution in [0.3, 0.4) is 0 Å². The smallest absolute Gasteiger partial charge is 0.306 e. The lowest BCUT2D eigenvalue weighted by Gasteiger charge is -2.18. The number of carbonyl (C=O) groups is 3. The largest absolute Gasteiger partial charge is 0.462 e. The number of unbranched alkanes of at least 4 members (excludes halogenated alkanes) is 21. The van der Waals surface area contributed by atoms with E-state index in [9.17, 15) is 14.4 Å². The maximum absolute atomic E-state index is 12.8. The van der Waals surface area contributed by atoms with E-state index < -0.39 is 6.10 Å². The van der Waals surface area contributed by atoms with E-state index in [0.717, 1.165) is 103 Å². The second-order valence-corrected chi connectivity index (χ2v) is 16.3. The molecule has 0 amide bonds. The maximum atomic E-state index is 12.8. The molecule has 0 N–H and O–H groups in total. The van der Waals surface area contributed by atoms with Crippen LogP contribution in [0.2, 0.25) is 0 Å². The van der Waals surface area contributed by atoms with Gasteiger partial charge in [0.25, 0.3) is 0 Å². The molecule has 0 aromatic rings. The molecule has 0 aliphatic rings. The minimum Gasteiger partial charge on any atom is -0.462 e. The van der Waals surface area contributed by atoms with Crippen LogP contribution in [0.4, 0.5) is 0 Å². The van der Waals surface area contributed by atoms with Crippen LogP contribution in [0.1, 0.15) is 233 Å². The lowest BCUT2D eigenvalue weighted by atomic mass is 10.0. The minimum absolute atomic E-state index is 0.0921. The molecule has 1 unspecified atom stereocenters. The van der Waals surface area contributed by atoms with Crippen LogP contribution in [0.25, 0.3) is 0 Å². The molecule has 0 aromatic carbocycles. The number of ether oxygens (including phenoxy) is 3. The van der Waals surface area contributed by atoms with Gasteiger partial charge < -0.3 is 14.2 Å². The van der Waals surface area contributed by atoms with Gasteiger partial charge >= 0.3 is 17.9 Å². The van der Waals surface area contributed by atoms with Gasteiger partial charge in [-0.25, -0.2) is 0 Å². The molecule has 344 valence electrons. The number of carbonyl (C=O) groups excluding carboxylic acids is 3. The highest BCUT2D eigenvalue weighted by Gasteiger charge is 2.19. The van der Waals surface area contributed by atoms with Gasteiger partial charge in [0.1, 0.15) is 13.2 Å². The van der Waals surface area contributed by atoms with E-state index in [1.54, 1.807) is 0 Å². The molecular formula is C54H92O6. The Morgan fingerprint density at radius 3 is 1.05 bits per heavy atom. The molecule has 0 aliphatic carbocycles. The molecule has 0 aromatic heterocycles. The highest BCUT2D eigenvalue weighted by molar-refractivity contribution is 5.71. The lowest BCUT2D eigenvalue weighted by molar-refractivity contribution is -0.167. The molecular weight excluding hydrogens is 745 g/mol. The summed E-state index contributed by atoms with van der Waals surface area (Å²) in [5.41, 5.74) is 0. The van der Waals surface area contributed by atoms with E-state index in [-0.39, 0.29) is 31.1 Å². The Hall–Kier alpha value is -3.15. The van der Waals surface area contributed by atoms with Crippen molar-refractivity contribution in [2.75, 3.05) is 13.2 Å². The first kappa shape index (κ1) is 56.9. The Morgan fingerprint density at radius 1 is 0.350 bits per heavy atom. The van der Waals surface area contributed by atoms with E-state index in [4.69, 9.17) is 14.2 Å². The molecule has 0 saturated carbocycles. The van der Waals surface area contributed by atoms with Gasteiger partial charge in [-0.05, 0) is 83.5 Å². The fourth-order valence-electron chi connectivity index (χ4n) is 6.76. The van der Waals surface area contributed by atoms with E-state index in [1.165, 1.54) is 89.9 Å². The Morgan fingerprint density at radius 2 is 0.650 bits per heavy atom. The van der Waals surface area contributed by atoms with Crippen LogP contribution in [-0.2, 0) is 28.6 Å². The van der Waals surface area contributed by atoms with Gasteiger partial charge in [-0.1, -0.05) is 203 Å². The average Bonchev–Trinajstić information content (AvgIpc) is 3.24. The predicted molar refractivity (Wildman–Crippen MR) is 256 cm³/mol. The molecule has 0 radical (unpaired) electrons. The first-order valence-corrected chi connectivity index (χ1v) is 24.9. The van der Waals surface area contributed by atoms with Gasteiger partial charge in [0, 0.05) is 19.3 Å². The molecule has 0 aliphatic heterocycles. The van der Waals surface area contributed by atoms with Crippen LogP contribution < -0.4 is 0 Å². The first-order valence-electron chi connectivity index (χ1n) is 24.9. The van der Waals surface area contributed by atoms with Crippen LogP contribution in [-0.4, -0.2) is 37.2 Å². The Balaban J connectivity index is 4.35. The third kappa shape index (κ3) is 45.9. The number of hydrogen-bond donors (Lipinski definition) is 0. The number of allylic oxidation sites excluding steroid dienone is 12. The Bertz CT molecular complexity index is 1140. The van der Waals surface area contributed by atoms with E-state index in [0.29, 0.717) is 19.3 Å². The van der Waals surface area contributed by atoms with Crippen LogP contribution in [0.5, 0.6) is 0 Å². The standard InChI is InChI=1S/C54H92O6/c1-4-7-10-13-16-19-21-23-25-26-27-28-29-31-32-35-38-41-44-47-53(56)59-50-51(49-58-52(55)46-43-40-37-34-18-15-12-9-6-3)60-54(57)48-45-42-39-36-33-30-24-22-20-17-14-11-8-5-2/h7,9-10,12,16,18-19,23,25,27-28,34,51H,4-6,8,11,13-15,17,20-22,24,26,29-33,35-50H2,1-3H3/b10-7-,12-9-,19-16-,25-23-,28-27-,34-18-. The summed E-state index contributed by atoms with van der Waals surface area (Å²) in [6, 6.07) is 0. The van der Waals surface area contributed by atoms with Crippen molar-refractivity contribution < 1.29 is 28.6 Å². The molecule has 0 rings (SSSR count). The molecule has 0 spiro atoms. The molecule has 0 bridgehead atoms. The Labute approximate surface area is 370 Å². The van der Waals surface area contributed by atoms with Crippen molar-refractivity contribution in [1.29, 1.82) is 0 Å². The zero-order chi connectivity index (χ0) is 43.7. The van der Waals surface area contributed by atoms with Crippen molar-refractivity contribution >= 4 is 17.9 Å². The van der Waals surface area contributed by atoms with Gasteiger partial charge in [-0.3, -0.25) is 14.4 Å². The summed E-state index contributed by atoms with van der Waals surface area (Å²) in [6.45, 7) is 6.36. The first-order chi connectivity index (χ1) is 29.5. The normalized spacial score (nSPS) is 12.7. The van der Waals surface area contributed by atoms with Gasteiger partial charge in [-0.2, -0.15) is 0 Å². The van der Waals surface area contributed by atoms with Crippen molar-refractivity contribution in [3.05, 3.63) is 72.9 Å². The molecule has 60 heavy (non-hydrogen) atoms. The minimum atomic E-state index is -0.790. The summed E-state index contributed by atoms with van der Waals surface area (Å²) in [5.74, 6) is -0.941. The molecule has 6 heteroatoms. The van der Waals surface area contributed by atoms with Crippen molar-refractivity contribution in [2.24, 2.45) is 0 Å². The Kier molecular flexibility index (Phi) is 46.0. The SMILES string of the molecule is CC/C=C\C/C=C\C/C=C\C/C=C\CCCCCCCCC(=O)OCC(COC(=O)CCCC/C=C\C/C=C\CC)OC(=O)CCCCCCCCCCCCCCCC. The van der Waals surface area contributed by atoms with Crippen molar-refractivity contribution in [3.63, 3.8) is 0 Å². The summed E-state index contributed by atoms with van der Waals surface area (Å²) in [6.07, 6.45) is 60.4. The highest BCUT2D eigenvalue weighted by atomic mass is 16.6. The third-order valence-electron chi connectivity index (χ3n) is 10.5. The quantitative estimate of drug-likeness (QED) is 0.0263. The monoisotopic (exact) mass is 837 g/mol. The highest BCUT2D eigenvalue weighted by Crippen LogP contribution is 2.15. The molecule has 0 heterocycles.